The van der Waals surface area contributed by atoms with Crippen molar-refractivity contribution in [2.75, 3.05) is 81.8 Å². The number of ether oxygens (including phenoxy) is 3. The van der Waals surface area contributed by atoms with Gasteiger partial charge in [-0.1, -0.05) is 6.07 Å². The van der Waals surface area contributed by atoms with Gasteiger partial charge in [-0.2, -0.15) is 5.10 Å². The lowest BCUT2D eigenvalue weighted by Crippen LogP contribution is -2.38. The lowest BCUT2D eigenvalue weighted by atomic mass is 10.2. The number of aryl methyl sites for hydroxylation is 1. The third-order valence-corrected chi connectivity index (χ3v) is 5.53. The molecule has 0 spiro atoms. The minimum Gasteiger partial charge on any atom is -0.476 e. The molecule has 0 atom stereocenters. The number of benzene rings is 1. The number of nitrogen functional groups attached to an aromatic ring is 1. The van der Waals surface area contributed by atoms with Crippen LogP contribution < -0.4 is 20.8 Å². The highest BCUT2D eigenvalue weighted by Crippen LogP contribution is 2.23. The smallest absolute Gasteiger partial charge is 0.215 e. The second-order valence-electron chi connectivity index (χ2n) is 7.95. The number of nitrogens with two attached hydrogens (primary N) is 1. The Kier molecular flexibility index (Phi) is 7.76. The number of aromatic nitrogens is 1. The van der Waals surface area contributed by atoms with Gasteiger partial charge in [0.25, 0.3) is 0 Å². The van der Waals surface area contributed by atoms with Gasteiger partial charge in [0.15, 0.2) is 0 Å². The molecular weight excluding hydrogens is 408 g/mol. The molecule has 32 heavy (non-hydrogen) atoms. The zero-order valence-corrected chi connectivity index (χ0v) is 18.6. The fourth-order valence-electron chi connectivity index (χ4n) is 3.69. The maximum absolute atomic E-state index is 6.03. The molecule has 9 nitrogen and oxygen atoms in total. The fourth-order valence-corrected chi connectivity index (χ4v) is 3.69. The molecule has 1 aromatic heterocycles. The lowest BCUT2D eigenvalue weighted by Gasteiger charge is -2.29. The number of anilines is 3. The zero-order chi connectivity index (χ0) is 22.2. The van der Waals surface area contributed by atoms with Crippen LogP contribution in [0.25, 0.3) is 0 Å². The van der Waals surface area contributed by atoms with Crippen molar-refractivity contribution < 1.29 is 14.2 Å². The lowest BCUT2D eigenvalue weighted by molar-refractivity contribution is 0.0320. The highest BCUT2D eigenvalue weighted by Gasteiger charge is 2.15. The Labute approximate surface area is 189 Å². The summed E-state index contributed by atoms with van der Waals surface area (Å²) < 4.78 is 16.9. The first kappa shape index (κ1) is 22.3. The Morgan fingerprint density at radius 3 is 2.62 bits per heavy atom. The molecule has 2 aromatic rings. The van der Waals surface area contributed by atoms with Crippen molar-refractivity contribution in [3.63, 3.8) is 0 Å². The highest BCUT2D eigenvalue weighted by atomic mass is 16.5. The number of hydrogen-bond acceptors (Lipinski definition) is 9. The summed E-state index contributed by atoms with van der Waals surface area (Å²) in [6, 6.07) is 9.81. The van der Waals surface area contributed by atoms with E-state index in [0.717, 1.165) is 62.9 Å². The van der Waals surface area contributed by atoms with E-state index in [1.165, 1.54) is 0 Å². The third-order valence-electron chi connectivity index (χ3n) is 5.53. The summed E-state index contributed by atoms with van der Waals surface area (Å²) in [7, 11) is 0. The standard InChI is InChI=1S/C23H32N6O3/c1-18-2-3-21(24)22(14-18)27-25-17-19-15-20(29-7-11-31-12-8-29)16-23(26-19)32-13-6-28-4-9-30-10-5-28/h2-3,14-17,27H,4-13,24H2,1H3/b25-17+. The normalized spacial score (nSPS) is 17.6. The van der Waals surface area contributed by atoms with E-state index >= 15 is 0 Å². The van der Waals surface area contributed by atoms with Crippen molar-refractivity contribution in [3.05, 3.63) is 41.6 Å². The van der Waals surface area contributed by atoms with Gasteiger partial charge >= 0.3 is 0 Å². The summed E-state index contributed by atoms with van der Waals surface area (Å²) in [5.41, 5.74) is 13.4. The maximum atomic E-state index is 6.03. The highest BCUT2D eigenvalue weighted by molar-refractivity contribution is 5.80. The molecule has 4 rings (SSSR count). The minimum atomic E-state index is 0.578. The van der Waals surface area contributed by atoms with Gasteiger partial charge in [-0.3, -0.25) is 10.3 Å². The van der Waals surface area contributed by atoms with Crippen LogP contribution in [0, 0.1) is 6.92 Å². The quantitative estimate of drug-likeness (QED) is 0.365. The Balaban J connectivity index is 1.45. The molecule has 2 fully saturated rings. The molecule has 2 saturated heterocycles. The van der Waals surface area contributed by atoms with Crippen LogP contribution in [0.5, 0.6) is 5.88 Å². The molecule has 2 aliphatic rings. The van der Waals surface area contributed by atoms with E-state index in [1.807, 2.05) is 37.3 Å². The van der Waals surface area contributed by atoms with Crippen molar-refractivity contribution in [2.45, 2.75) is 6.92 Å². The molecule has 3 heterocycles. The molecule has 9 heteroatoms. The summed E-state index contributed by atoms with van der Waals surface area (Å²) in [5, 5.41) is 4.36. The molecule has 2 aliphatic heterocycles. The van der Waals surface area contributed by atoms with Crippen LogP contribution in [0.3, 0.4) is 0 Å². The molecule has 0 saturated carbocycles. The molecule has 0 aliphatic carbocycles. The molecule has 0 unspecified atom stereocenters. The van der Waals surface area contributed by atoms with Gasteiger partial charge in [0.05, 0.1) is 49.7 Å². The minimum absolute atomic E-state index is 0.578. The van der Waals surface area contributed by atoms with Gasteiger partial charge in [0, 0.05) is 44.5 Å². The molecule has 0 radical (unpaired) electrons. The van der Waals surface area contributed by atoms with Crippen LogP contribution in [0.1, 0.15) is 11.3 Å². The number of hydrogen-bond donors (Lipinski definition) is 2. The second kappa shape index (κ2) is 11.1. The number of morpholine rings is 2. The van der Waals surface area contributed by atoms with Gasteiger partial charge in [0.2, 0.25) is 5.88 Å². The van der Waals surface area contributed by atoms with Crippen LogP contribution in [0.15, 0.2) is 35.4 Å². The summed E-state index contributed by atoms with van der Waals surface area (Å²) in [6.07, 6.45) is 1.69. The van der Waals surface area contributed by atoms with E-state index in [4.69, 9.17) is 19.9 Å². The zero-order valence-electron chi connectivity index (χ0n) is 18.6. The predicted molar refractivity (Wildman–Crippen MR) is 127 cm³/mol. The van der Waals surface area contributed by atoms with Crippen LogP contribution in [0.4, 0.5) is 17.1 Å². The van der Waals surface area contributed by atoms with E-state index in [1.54, 1.807) is 6.21 Å². The first-order valence-electron chi connectivity index (χ1n) is 11.1. The fraction of sp³-hybridized carbons (Fsp3) is 0.478. The van der Waals surface area contributed by atoms with E-state index in [-0.39, 0.29) is 0 Å². The average Bonchev–Trinajstić information content (AvgIpc) is 2.82. The van der Waals surface area contributed by atoms with Crippen LogP contribution >= 0.6 is 0 Å². The average molecular weight is 441 g/mol. The van der Waals surface area contributed by atoms with E-state index in [0.29, 0.717) is 37.1 Å². The third kappa shape index (κ3) is 6.32. The summed E-state index contributed by atoms with van der Waals surface area (Å²) in [5.74, 6) is 0.596. The predicted octanol–water partition coefficient (Wildman–Crippen LogP) is 1.97. The second-order valence-corrected chi connectivity index (χ2v) is 7.95. The van der Waals surface area contributed by atoms with E-state index < -0.39 is 0 Å². The van der Waals surface area contributed by atoms with Crippen LogP contribution in [-0.2, 0) is 9.47 Å². The Morgan fingerprint density at radius 1 is 1.09 bits per heavy atom. The van der Waals surface area contributed by atoms with E-state index in [9.17, 15) is 0 Å². The number of hydrazone groups is 1. The van der Waals surface area contributed by atoms with Crippen molar-refractivity contribution in [3.8, 4) is 5.88 Å². The van der Waals surface area contributed by atoms with Crippen molar-refractivity contribution in [2.24, 2.45) is 5.10 Å². The number of nitrogens with one attached hydrogen (secondary N) is 1. The molecule has 0 bridgehead atoms. The largest absolute Gasteiger partial charge is 0.476 e. The molecule has 3 N–H and O–H groups in total. The van der Waals surface area contributed by atoms with Crippen LogP contribution in [0.2, 0.25) is 0 Å². The van der Waals surface area contributed by atoms with Crippen molar-refractivity contribution >= 4 is 23.3 Å². The van der Waals surface area contributed by atoms with Gasteiger partial charge in [-0.15, -0.1) is 0 Å². The topological polar surface area (TPSA) is 97.5 Å². The van der Waals surface area contributed by atoms with Gasteiger partial charge in [0.1, 0.15) is 6.61 Å². The Bertz CT molecular complexity index is 911. The summed E-state index contributed by atoms with van der Waals surface area (Å²) in [6.45, 7) is 10.00. The Hall–Kier alpha value is -2.88. The number of pyridine rings is 1. The van der Waals surface area contributed by atoms with Crippen molar-refractivity contribution in [1.29, 1.82) is 0 Å². The molecule has 172 valence electrons. The van der Waals surface area contributed by atoms with Gasteiger partial charge in [-0.05, 0) is 30.7 Å². The SMILES string of the molecule is Cc1ccc(N)c(N/N=C/c2cc(N3CCOCC3)cc(OCCN3CCOCC3)n2)c1. The molecule has 0 amide bonds. The van der Waals surface area contributed by atoms with E-state index in [2.05, 4.69) is 25.3 Å². The number of nitrogens with zero attached hydrogens (tertiary/aromatic N) is 4. The summed E-state index contributed by atoms with van der Waals surface area (Å²) in [4.78, 5) is 9.26. The van der Waals surface area contributed by atoms with Crippen LogP contribution in [-0.4, -0.2) is 81.9 Å². The molecular formula is C23H32N6O3. The van der Waals surface area contributed by atoms with Crippen molar-refractivity contribution in [1.82, 2.24) is 9.88 Å². The maximum Gasteiger partial charge on any atom is 0.215 e. The molecule has 1 aromatic carbocycles. The first-order chi connectivity index (χ1) is 15.7. The number of rotatable bonds is 8. The first-order valence-corrected chi connectivity index (χ1v) is 11.1. The van der Waals surface area contributed by atoms with Gasteiger partial charge in [-0.25, -0.2) is 4.98 Å². The summed E-state index contributed by atoms with van der Waals surface area (Å²) >= 11 is 0. The Morgan fingerprint density at radius 2 is 1.84 bits per heavy atom. The van der Waals surface area contributed by atoms with Gasteiger partial charge < -0.3 is 24.8 Å². The monoisotopic (exact) mass is 440 g/mol.